The van der Waals surface area contributed by atoms with E-state index in [1.165, 1.54) is 6.33 Å². The maximum Gasteiger partial charge on any atom is 0.410 e. The molecular formula is C12H18ClN5O2. The minimum absolute atomic E-state index is 0.0842. The standard InChI is InChI=1S/C12H18ClN5O2/c1-12(2,3)20-11(19)18-5-4-8(6-18)16-10-15-7-14-9(13)17-10/h7-8H,4-6H2,1-3H3,(H,14,15,16,17). The fourth-order valence-electron chi connectivity index (χ4n) is 1.90. The first-order valence-corrected chi connectivity index (χ1v) is 6.80. The highest BCUT2D eigenvalue weighted by atomic mass is 35.5. The van der Waals surface area contributed by atoms with Crippen molar-refractivity contribution in [3.63, 3.8) is 0 Å². The summed E-state index contributed by atoms with van der Waals surface area (Å²) in [6.45, 7) is 6.75. The van der Waals surface area contributed by atoms with E-state index in [-0.39, 0.29) is 17.4 Å². The molecule has 1 aliphatic rings. The molecule has 1 aromatic heterocycles. The van der Waals surface area contributed by atoms with Crippen molar-refractivity contribution in [3.8, 4) is 0 Å². The number of anilines is 1. The van der Waals surface area contributed by atoms with Crippen LogP contribution in [0, 0.1) is 0 Å². The highest BCUT2D eigenvalue weighted by Gasteiger charge is 2.30. The summed E-state index contributed by atoms with van der Waals surface area (Å²) in [7, 11) is 0. The van der Waals surface area contributed by atoms with Crippen molar-refractivity contribution in [1.29, 1.82) is 0 Å². The van der Waals surface area contributed by atoms with Gasteiger partial charge in [0.15, 0.2) is 0 Å². The number of aromatic nitrogens is 3. The molecule has 0 saturated carbocycles. The lowest BCUT2D eigenvalue weighted by molar-refractivity contribution is 0.0293. The molecule has 1 atom stereocenters. The number of likely N-dealkylation sites (tertiary alicyclic amines) is 1. The zero-order valence-electron chi connectivity index (χ0n) is 11.8. The van der Waals surface area contributed by atoms with Crippen LogP contribution < -0.4 is 5.32 Å². The third-order valence-electron chi connectivity index (χ3n) is 2.72. The number of hydrogen-bond donors (Lipinski definition) is 1. The molecule has 0 radical (unpaired) electrons. The van der Waals surface area contributed by atoms with Crippen molar-refractivity contribution in [1.82, 2.24) is 19.9 Å². The molecule has 1 aromatic rings. The van der Waals surface area contributed by atoms with Crippen LogP contribution in [0.15, 0.2) is 6.33 Å². The van der Waals surface area contributed by atoms with E-state index in [2.05, 4.69) is 20.3 Å². The molecule has 0 aromatic carbocycles. The van der Waals surface area contributed by atoms with Gasteiger partial charge in [0.25, 0.3) is 0 Å². The van der Waals surface area contributed by atoms with Gasteiger partial charge in [-0.05, 0) is 38.8 Å². The molecule has 7 nitrogen and oxygen atoms in total. The van der Waals surface area contributed by atoms with Crippen LogP contribution in [0.5, 0.6) is 0 Å². The lowest BCUT2D eigenvalue weighted by atomic mass is 10.2. The van der Waals surface area contributed by atoms with Gasteiger partial charge in [-0.25, -0.2) is 14.8 Å². The molecule has 2 heterocycles. The van der Waals surface area contributed by atoms with Crippen LogP contribution in [0.2, 0.25) is 5.28 Å². The Morgan fingerprint density at radius 2 is 2.25 bits per heavy atom. The van der Waals surface area contributed by atoms with Gasteiger partial charge in [0, 0.05) is 19.1 Å². The third kappa shape index (κ3) is 4.19. The van der Waals surface area contributed by atoms with Crippen molar-refractivity contribution < 1.29 is 9.53 Å². The van der Waals surface area contributed by atoms with Gasteiger partial charge in [-0.2, -0.15) is 4.98 Å². The smallest absolute Gasteiger partial charge is 0.410 e. The molecule has 1 N–H and O–H groups in total. The number of carbonyl (C=O) groups is 1. The number of amides is 1. The molecule has 2 rings (SSSR count). The minimum atomic E-state index is -0.482. The van der Waals surface area contributed by atoms with Gasteiger partial charge in [0.1, 0.15) is 11.9 Å². The van der Waals surface area contributed by atoms with Crippen LogP contribution in [-0.2, 0) is 4.74 Å². The second-order valence-electron chi connectivity index (χ2n) is 5.63. The molecule has 0 spiro atoms. The Morgan fingerprint density at radius 3 is 2.90 bits per heavy atom. The molecule has 1 fully saturated rings. The predicted molar refractivity (Wildman–Crippen MR) is 74.7 cm³/mol. The molecule has 0 aliphatic carbocycles. The summed E-state index contributed by atoms with van der Waals surface area (Å²) in [6.07, 6.45) is 1.86. The highest BCUT2D eigenvalue weighted by molar-refractivity contribution is 6.28. The van der Waals surface area contributed by atoms with Gasteiger partial charge < -0.3 is 15.0 Å². The fourth-order valence-corrected chi connectivity index (χ4v) is 2.02. The van der Waals surface area contributed by atoms with Crippen molar-refractivity contribution in [2.24, 2.45) is 0 Å². The van der Waals surface area contributed by atoms with Gasteiger partial charge in [-0.15, -0.1) is 0 Å². The van der Waals surface area contributed by atoms with E-state index in [4.69, 9.17) is 16.3 Å². The molecule has 8 heteroatoms. The number of hydrogen-bond acceptors (Lipinski definition) is 6. The first kappa shape index (κ1) is 14.8. The zero-order valence-corrected chi connectivity index (χ0v) is 12.5. The topological polar surface area (TPSA) is 80.2 Å². The lowest BCUT2D eigenvalue weighted by Crippen LogP contribution is -2.36. The highest BCUT2D eigenvalue weighted by Crippen LogP contribution is 2.17. The molecule has 110 valence electrons. The van der Waals surface area contributed by atoms with Crippen LogP contribution >= 0.6 is 11.6 Å². The molecule has 20 heavy (non-hydrogen) atoms. The number of rotatable bonds is 2. The quantitative estimate of drug-likeness (QED) is 0.899. The van der Waals surface area contributed by atoms with E-state index in [1.54, 1.807) is 4.90 Å². The molecular weight excluding hydrogens is 282 g/mol. The van der Waals surface area contributed by atoms with Crippen LogP contribution in [0.4, 0.5) is 10.7 Å². The van der Waals surface area contributed by atoms with E-state index >= 15 is 0 Å². The summed E-state index contributed by atoms with van der Waals surface area (Å²) in [5.74, 6) is 0.418. The van der Waals surface area contributed by atoms with Crippen molar-refractivity contribution in [2.45, 2.75) is 38.8 Å². The van der Waals surface area contributed by atoms with Crippen LogP contribution in [0.25, 0.3) is 0 Å². The number of carbonyl (C=O) groups excluding carboxylic acids is 1. The second kappa shape index (κ2) is 5.78. The van der Waals surface area contributed by atoms with Gasteiger partial charge in [-0.1, -0.05) is 0 Å². The summed E-state index contributed by atoms with van der Waals surface area (Å²) >= 11 is 5.70. The van der Waals surface area contributed by atoms with Crippen LogP contribution in [0.3, 0.4) is 0 Å². The Bertz CT molecular complexity index is 491. The van der Waals surface area contributed by atoms with Crippen molar-refractivity contribution in [2.75, 3.05) is 18.4 Å². The second-order valence-corrected chi connectivity index (χ2v) is 5.97. The number of halogens is 1. The van der Waals surface area contributed by atoms with Crippen molar-refractivity contribution in [3.05, 3.63) is 11.6 Å². The van der Waals surface area contributed by atoms with Crippen LogP contribution in [-0.4, -0.2) is 50.7 Å². The molecule has 0 bridgehead atoms. The summed E-state index contributed by atoms with van der Waals surface area (Å²) in [5.41, 5.74) is -0.482. The van der Waals surface area contributed by atoms with Crippen molar-refractivity contribution >= 4 is 23.6 Å². The van der Waals surface area contributed by atoms with Gasteiger partial charge in [0.05, 0.1) is 0 Å². The summed E-state index contributed by atoms with van der Waals surface area (Å²) in [5, 5.41) is 3.28. The number of nitrogens with one attached hydrogen (secondary N) is 1. The summed E-state index contributed by atoms with van der Waals surface area (Å²) < 4.78 is 5.34. The SMILES string of the molecule is CC(C)(C)OC(=O)N1CCC(Nc2ncnc(Cl)n2)C1. The summed E-state index contributed by atoms with van der Waals surface area (Å²) in [4.78, 5) is 25.3. The Morgan fingerprint density at radius 1 is 1.50 bits per heavy atom. The number of ether oxygens (including phenoxy) is 1. The van der Waals surface area contributed by atoms with Gasteiger partial charge in [0.2, 0.25) is 11.2 Å². The Kier molecular flexibility index (Phi) is 4.27. The molecule has 1 aliphatic heterocycles. The third-order valence-corrected chi connectivity index (χ3v) is 2.90. The molecule has 1 unspecified atom stereocenters. The minimum Gasteiger partial charge on any atom is -0.444 e. The Hall–Kier alpha value is -1.63. The first-order valence-electron chi connectivity index (χ1n) is 6.42. The molecule has 1 saturated heterocycles. The zero-order chi connectivity index (χ0) is 14.8. The molecule has 1 amide bonds. The monoisotopic (exact) mass is 299 g/mol. The summed E-state index contributed by atoms with van der Waals surface area (Å²) in [6, 6.07) is 0.0842. The first-order chi connectivity index (χ1) is 9.33. The van der Waals surface area contributed by atoms with E-state index in [1.807, 2.05) is 20.8 Å². The van der Waals surface area contributed by atoms with Gasteiger partial charge >= 0.3 is 6.09 Å². The average Bonchev–Trinajstić information content (AvgIpc) is 2.75. The fraction of sp³-hybridized carbons (Fsp3) is 0.667. The predicted octanol–water partition coefficient (Wildman–Crippen LogP) is 1.95. The van der Waals surface area contributed by atoms with E-state index in [9.17, 15) is 4.79 Å². The number of nitrogens with zero attached hydrogens (tertiary/aromatic N) is 4. The average molecular weight is 300 g/mol. The Labute approximate surface area is 122 Å². The van der Waals surface area contributed by atoms with E-state index in [0.717, 1.165) is 6.42 Å². The largest absolute Gasteiger partial charge is 0.444 e. The van der Waals surface area contributed by atoms with E-state index < -0.39 is 5.60 Å². The normalized spacial score (nSPS) is 19.0. The van der Waals surface area contributed by atoms with E-state index in [0.29, 0.717) is 19.0 Å². The maximum absolute atomic E-state index is 11.9. The lowest BCUT2D eigenvalue weighted by Gasteiger charge is -2.24. The van der Waals surface area contributed by atoms with Crippen LogP contribution in [0.1, 0.15) is 27.2 Å². The Balaban J connectivity index is 1.88. The maximum atomic E-state index is 11.9. The van der Waals surface area contributed by atoms with Gasteiger partial charge in [-0.3, -0.25) is 0 Å².